The summed E-state index contributed by atoms with van der Waals surface area (Å²) in [5.41, 5.74) is 1.65. The molecule has 0 saturated carbocycles. The fourth-order valence-corrected chi connectivity index (χ4v) is 2.12. The van der Waals surface area contributed by atoms with Gasteiger partial charge < -0.3 is 15.0 Å². The Kier molecular flexibility index (Phi) is 5.20. The topological polar surface area (TPSA) is 96.0 Å². The van der Waals surface area contributed by atoms with Crippen LogP contribution in [0.5, 0.6) is 5.88 Å². The summed E-state index contributed by atoms with van der Waals surface area (Å²) in [7, 11) is 1.67. The van der Waals surface area contributed by atoms with Gasteiger partial charge in [0.1, 0.15) is 18.8 Å². The number of hydrogen-bond acceptors (Lipinski definition) is 5. The number of nitrogens with one attached hydrogen (secondary N) is 2. The van der Waals surface area contributed by atoms with Crippen LogP contribution in [0.4, 0.5) is 10.5 Å². The van der Waals surface area contributed by atoms with Crippen molar-refractivity contribution < 1.29 is 9.53 Å². The van der Waals surface area contributed by atoms with E-state index in [-0.39, 0.29) is 6.03 Å². The number of H-pyrrole nitrogens is 1. The van der Waals surface area contributed by atoms with Gasteiger partial charge in [0.15, 0.2) is 0 Å². The number of amides is 2. The maximum atomic E-state index is 12.2. The molecule has 0 spiro atoms. The number of aromatic amines is 1. The average molecular weight is 338 g/mol. The number of urea groups is 1. The van der Waals surface area contributed by atoms with Crippen LogP contribution >= 0.6 is 0 Å². The van der Waals surface area contributed by atoms with E-state index in [1.807, 2.05) is 30.3 Å². The van der Waals surface area contributed by atoms with E-state index in [9.17, 15) is 4.79 Å². The van der Waals surface area contributed by atoms with Gasteiger partial charge in [-0.25, -0.2) is 14.8 Å². The summed E-state index contributed by atoms with van der Waals surface area (Å²) < 4.78 is 5.66. The normalized spacial score (nSPS) is 10.3. The summed E-state index contributed by atoms with van der Waals surface area (Å²) >= 11 is 0. The number of aromatic nitrogens is 4. The third-order valence-corrected chi connectivity index (χ3v) is 3.41. The van der Waals surface area contributed by atoms with Crippen molar-refractivity contribution in [3.63, 3.8) is 0 Å². The highest BCUT2D eigenvalue weighted by Crippen LogP contribution is 2.16. The SMILES string of the molecule is CN(Cc1ncn[nH]1)C(=O)Nc1ccnc(OCc2ccccc2)c1. The molecule has 8 heteroatoms. The van der Waals surface area contributed by atoms with Gasteiger partial charge in [-0.2, -0.15) is 5.10 Å². The van der Waals surface area contributed by atoms with Crippen LogP contribution in [0.3, 0.4) is 0 Å². The minimum Gasteiger partial charge on any atom is -0.473 e. The predicted octanol–water partition coefficient (Wildman–Crippen LogP) is 2.44. The first kappa shape index (κ1) is 16.4. The molecular weight excluding hydrogens is 320 g/mol. The molecule has 0 saturated heterocycles. The first-order valence-electron chi connectivity index (χ1n) is 7.70. The molecule has 0 aliphatic carbocycles. The third kappa shape index (κ3) is 4.77. The van der Waals surface area contributed by atoms with Crippen molar-refractivity contribution in [2.24, 2.45) is 0 Å². The molecule has 0 unspecified atom stereocenters. The molecule has 25 heavy (non-hydrogen) atoms. The van der Waals surface area contributed by atoms with Gasteiger partial charge in [0, 0.05) is 25.0 Å². The second-order valence-corrected chi connectivity index (χ2v) is 5.38. The Morgan fingerprint density at radius 1 is 1.24 bits per heavy atom. The van der Waals surface area contributed by atoms with Crippen molar-refractivity contribution in [1.29, 1.82) is 0 Å². The fourth-order valence-electron chi connectivity index (χ4n) is 2.12. The lowest BCUT2D eigenvalue weighted by atomic mass is 10.2. The highest BCUT2D eigenvalue weighted by molar-refractivity contribution is 5.89. The number of anilines is 1. The zero-order chi connectivity index (χ0) is 17.5. The van der Waals surface area contributed by atoms with E-state index < -0.39 is 0 Å². The Morgan fingerprint density at radius 3 is 2.84 bits per heavy atom. The van der Waals surface area contributed by atoms with Crippen molar-refractivity contribution in [2.75, 3.05) is 12.4 Å². The van der Waals surface area contributed by atoms with Crippen molar-refractivity contribution in [2.45, 2.75) is 13.2 Å². The van der Waals surface area contributed by atoms with Crippen LogP contribution in [-0.2, 0) is 13.2 Å². The lowest BCUT2D eigenvalue weighted by Crippen LogP contribution is -2.31. The summed E-state index contributed by atoms with van der Waals surface area (Å²) in [6.45, 7) is 0.741. The number of ether oxygens (including phenoxy) is 1. The summed E-state index contributed by atoms with van der Waals surface area (Å²) in [5, 5.41) is 9.27. The van der Waals surface area contributed by atoms with Gasteiger partial charge in [-0.05, 0) is 11.6 Å². The molecule has 0 bridgehead atoms. The monoisotopic (exact) mass is 338 g/mol. The summed E-state index contributed by atoms with van der Waals surface area (Å²) in [4.78, 5) is 21.9. The largest absolute Gasteiger partial charge is 0.473 e. The van der Waals surface area contributed by atoms with Crippen LogP contribution < -0.4 is 10.1 Å². The fraction of sp³-hybridized carbons (Fsp3) is 0.176. The van der Waals surface area contributed by atoms with Gasteiger partial charge in [0.05, 0.1) is 6.54 Å². The van der Waals surface area contributed by atoms with Gasteiger partial charge in [-0.3, -0.25) is 5.10 Å². The van der Waals surface area contributed by atoms with Crippen molar-refractivity contribution in [1.82, 2.24) is 25.1 Å². The molecule has 0 aliphatic rings. The Hall–Kier alpha value is -3.42. The van der Waals surface area contributed by atoms with Crippen molar-refractivity contribution in [3.8, 4) is 5.88 Å². The van der Waals surface area contributed by atoms with Gasteiger partial charge >= 0.3 is 6.03 Å². The van der Waals surface area contributed by atoms with Crippen molar-refractivity contribution in [3.05, 3.63) is 66.4 Å². The van der Waals surface area contributed by atoms with Crippen LogP contribution in [-0.4, -0.2) is 38.1 Å². The molecule has 128 valence electrons. The number of rotatable bonds is 6. The Morgan fingerprint density at radius 2 is 2.08 bits per heavy atom. The predicted molar refractivity (Wildman–Crippen MR) is 91.9 cm³/mol. The standard InChI is InChI=1S/C17H18N6O2/c1-23(10-15-19-12-20-22-15)17(24)21-14-7-8-18-16(9-14)25-11-13-5-3-2-4-6-13/h2-9,12H,10-11H2,1H3,(H,18,21,24)(H,19,20,22). The number of benzene rings is 1. The molecule has 0 aliphatic heterocycles. The molecule has 0 fully saturated rings. The van der Waals surface area contributed by atoms with Gasteiger partial charge in [0.25, 0.3) is 0 Å². The van der Waals surface area contributed by atoms with Crippen molar-refractivity contribution >= 4 is 11.7 Å². The summed E-state index contributed by atoms with van der Waals surface area (Å²) in [6, 6.07) is 12.9. The highest BCUT2D eigenvalue weighted by atomic mass is 16.5. The Balaban J connectivity index is 1.56. The van der Waals surface area contributed by atoms with E-state index in [0.717, 1.165) is 5.56 Å². The zero-order valence-corrected chi connectivity index (χ0v) is 13.7. The van der Waals surface area contributed by atoms with Crippen LogP contribution in [0.25, 0.3) is 0 Å². The molecule has 0 radical (unpaired) electrons. The average Bonchev–Trinajstić information content (AvgIpc) is 3.14. The molecular formula is C17H18N6O2. The van der Waals surface area contributed by atoms with Crippen LogP contribution in [0.1, 0.15) is 11.4 Å². The maximum Gasteiger partial charge on any atom is 0.321 e. The molecule has 3 aromatic rings. The van der Waals surface area contributed by atoms with E-state index in [1.165, 1.54) is 11.2 Å². The van der Waals surface area contributed by atoms with Crippen LogP contribution in [0, 0.1) is 0 Å². The van der Waals surface area contributed by atoms with Crippen LogP contribution in [0.2, 0.25) is 0 Å². The molecule has 2 heterocycles. The number of carbonyl (C=O) groups excluding carboxylic acids is 1. The molecule has 2 amide bonds. The lowest BCUT2D eigenvalue weighted by Gasteiger charge is -2.16. The van der Waals surface area contributed by atoms with Gasteiger partial charge in [-0.15, -0.1) is 0 Å². The van der Waals surface area contributed by atoms with E-state index in [4.69, 9.17) is 4.74 Å². The minimum atomic E-state index is -0.267. The second-order valence-electron chi connectivity index (χ2n) is 5.38. The van der Waals surface area contributed by atoms with Gasteiger partial charge in [-0.1, -0.05) is 30.3 Å². The minimum absolute atomic E-state index is 0.267. The summed E-state index contributed by atoms with van der Waals surface area (Å²) in [6.07, 6.45) is 2.99. The molecule has 1 aromatic carbocycles. The maximum absolute atomic E-state index is 12.2. The first-order valence-corrected chi connectivity index (χ1v) is 7.70. The second kappa shape index (κ2) is 7.91. The smallest absolute Gasteiger partial charge is 0.321 e. The van der Waals surface area contributed by atoms with E-state index in [2.05, 4.69) is 25.5 Å². The molecule has 8 nitrogen and oxygen atoms in total. The van der Waals surface area contributed by atoms with E-state index in [1.54, 1.807) is 25.4 Å². The number of hydrogen-bond donors (Lipinski definition) is 2. The van der Waals surface area contributed by atoms with Crippen LogP contribution in [0.15, 0.2) is 55.0 Å². The van der Waals surface area contributed by atoms with E-state index in [0.29, 0.717) is 30.5 Å². The number of pyridine rings is 1. The Bertz CT molecular complexity index is 807. The molecule has 2 aromatic heterocycles. The third-order valence-electron chi connectivity index (χ3n) is 3.41. The zero-order valence-electron chi connectivity index (χ0n) is 13.7. The Labute approximate surface area is 144 Å². The molecule has 2 N–H and O–H groups in total. The van der Waals surface area contributed by atoms with E-state index >= 15 is 0 Å². The lowest BCUT2D eigenvalue weighted by molar-refractivity contribution is 0.219. The quantitative estimate of drug-likeness (QED) is 0.720. The molecule has 3 rings (SSSR count). The number of nitrogens with zero attached hydrogens (tertiary/aromatic N) is 4. The number of carbonyl (C=O) groups is 1. The molecule has 0 atom stereocenters. The first-order chi connectivity index (χ1) is 12.2. The van der Waals surface area contributed by atoms with Gasteiger partial charge in [0.2, 0.25) is 5.88 Å². The highest BCUT2D eigenvalue weighted by Gasteiger charge is 2.11. The summed E-state index contributed by atoms with van der Waals surface area (Å²) in [5.74, 6) is 1.05.